The number of carbonyl (C=O) groups excluding carboxylic acids is 3. The number of unbranched alkanes of at least 4 members (excludes halogenated alkanes) is 16. The van der Waals surface area contributed by atoms with Crippen molar-refractivity contribution >= 4 is 17.8 Å². The number of nitrogens with one attached hydrogen (secondary N) is 1. The van der Waals surface area contributed by atoms with Crippen molar-refractivity contribution in [3.05, 3.63) is 0 Å². The summed E-state index contributed by atoms with van der Waals surface area (Å²) in [5.41, 5.74) is 0. The van der Waals surface area contributed by atoms with Gasteiger partial charge in [-0.3, -0.25) is 19.3 Å². The number of nitrogens with zero attached hydrogens (tertiary/aromatic N) is 1. The Morgan fingerprint density at radius 3 is 1.16 bits per heavy atom. The molecule has 0 fully saturated rings. The molecule has 0 saturated heterocycles. The molecule has 0 aromatic heterocycles. The average molecular weight is 793 g/mol. The summed E-state index contributed by atoms with van der Waals surface area (Å²) >= 11 is 0. The maximum Gasteiger partial charge on any atom is 0.305 e. The summed E-state index contributed by atoms with van der Waals surface area (Å²) < 4.78 is 11.3. The van der Waals surface area contributed by atoms with Crippen LogP contribution in [0.1, 0.15) is 247 Å². The Morgan fingerprint density at radius 2 is 0.804 bits per heavy atom. The molecule has 0 spiro atoms. The van der Waals surface area contributed by atoms with Crippen LogP contribution in [0.15, 0.2) is 0 Å². The van der Waals surface area contributed by atoms with E-state index in [0.717, 1.165) is 89.9 Å². The number of hydrogen-bond donors (Lipinski definition) is 1. The molecule has 0 heterocycles. The van der Waals surface area contributed by atoms with Gasteiger partial charge in [0.2, 0.25) is 5.91 Å². The van der Waals surface area contributed by atoms with E-state index in [1.807, 2.05) is 7.05 Å². The maximum atomic E-state index is 12.9. The Bertz CT molecular complexity index is 820. The van der Waals surface area contributed by atoms with Crippen molar-refractivity contribution in [3.8, 4) is 0 Å². The molecule has 0 aliphatic rings. The Kier molecular flexibility index (Phi) is 39.0. The highest BCUT2D eigenvalue weighted by atomic mass is 16.5. The van der Waals surface area contributed by atoms with Gasteiger partial charge in [0.25, 0.3) is 0 Å². The zero-order valence-corrected chi connectivity index (χ0v) is 38.5. The van der Waals surface area contributed by atoms with Gasteiger partial charge in [0.05, 0.1) is 19.8 Å². The lowest BCUT2D eigenvalue weighted by atomic mass is 9.92. The van der Waals surface area contributed by atoms with Crippen molar-refractivity contribution in [2.45, 2.75) is 259 Å². The Hall–Kier alpha value is -1.63. The molecular weight excluding hydrogens is 697 g/mol. The van der Waals surface area contributed by atoms with Crippen LogP contribution >= 0.6 is 0 Å². The minimum Gasteiger partial charge on any atom is -0.466 e. The molecule has 7 nitrogen and oxygen atoms in total. The molecule has 332 valence electrons. The number of rotatable bonds is 42. The minimum absolute atomic E-state index is 0.0328. The van der Waals surface area contributed by atoms with E-state index in [1.54, 1.807) is 0 Å². The second-order valence-electron chi connectivity index (χ2n) is 17.6. The minimum atomic E-state index is -0.0328. The highest BCUT2D eigenvalue weighted by Gasteiger charge is 2.16. The summed E-state index contributed by atoms with van der Waals surface area (Å²) in [5.74, 6) is 1.44. The molecule has 1 amide bonds. The fraction of sp³-hybridized carbons (Fsp3) is 0.939. The second-order valence-corrected chi connectivity index (χ2v) is 17.6. The van der Waals surface area contributed by atoms with E-state index in [9.17, 15) is 14.4 Å². The lowest BCUT2D eigenvalue weighted by molar-refractivity contribution is -0.145. The van der Waals surface area contributed by atoms with Crippen LogP contribution in [0.4, 0.5) is 0 Å². The standard InChI is InChI=1S/C49H96N2O5/c1-8-12-22-30-44(31-23-13-9-2)38-40-55-48(53)36-28-20-16-18-26-34-46(50-47(52)42-51(7)43(5)6)35-27-19-17-21-29-37-49(54)56-41-39-45(32-24-14-10-3)33-25-15-11-4/h43-46H,8-42H2,1-7H3,(H,50,52). The number of likely N-dealkylation sites (N-methyl/N-ethyl adjacent to an activating group) is 1. The van der Waals surface area contributed by atoms with Crippen molar-refractivity contribution < 1.29 is 23.9 Å². The van der Waals surface area contributed by atoms with Gasteiger partial charge in [0.15, 0.2) is 0 Å². The maximum absolute atomic E-state index is 12.9. The topological polar surface area (TPSA) is 84.9 Å². The van der Waals surface area contributed by atoms with Crippen molar-refractivity contribution in [3.63, 3.8) is 0 Å². The van der Waals surface area contributed by atoms with Gasteiger partial charge in [-0.2, -0.15) is 0 Å². The van der Waals surface area contributed by atoms with Crippen LogP contribution in [0, 0.1) is 11.8 Å². The van der Waals surface area contributed by atoms with E-state index in [-0.39, 0.29) is 23.9 Å². The summed E-state index contributed by atoms with van der Waals surface area (Å²) in [6.45, 7) is 14.8. The SMILES string of the molecule is CCCCCC(CCCCC)CCOC(=O)CCCCCCCC(CCCCCCCC(=O)OCCC(CCCCC)CCCCC)NC(=O)CN(C)C(C)C. The Balaban J connectivity index is 4.38. The molecular formula is C49H96N2O5. The number of ether oxygens (including phenoxy) is 2. The van der Waals surface area contributed by atoms with E-state index >= 15 is 0 Å². The van der Waals surface area contributed by atoms with Gasteiger partial charge in [0, 0.05) is 24.9 Å². The van der Waals surface area contributed by atoms with Crippen molar-refractivity contribution in [1.29, 1.82) is 0 Å². The number of esters is 2. The van der Waals surface area contributed by atoms with Crippen molar-refractivity contribution in [2.24, 2.45) is 11.8 Å². The molecule has 0 aliphatic carbocycles. The van der Waals surface area contributed by atoms with Gasteiger partial charge in [-0.15, -0.1) is 0 Å². The Labute approximate surface area is 348 Å². The summed E-state index contributed by atoms with van der Waals surface area (Å²) in [4.78, 5) is 39.7. The average Bonchev–Trinajstić information content (AvgIpc) is 3.16. The van der Waals surface area contributed by atoms with Gasteiger partial charge in [-0.25, -0.2) is 0 Å². The first kappa shape index (κ1) is 54.4. The monoisotopic (exact) mass is 793 g/mol. The first-order chi connectivity index (χ1) is 27.2. The summed E-state index contributed by atoms with van der Waals surface area (Å²) in [6, 6.07) is 0.536. The van der Waals surface area contributed by atoms with Crippen molar-refractivity contribution in [2.75, 3.05) is 26.8 Å². The van der Waals surface area contributed by atoms with Gasteiger partial charge in [-0.05, 0) is 71.3 Å². The third-order valence-corrected chi connectivity index (χ3v) is 11.9. The fourth-order valence-corrected chi connectivity index (χ4v) is 7.77. The third-order valence-electron chi connectivity index (χ3n) is 11.9. The highest BCUT2D eigenvalue weighted by Crippen LogP contribution is 2.23. The molecule has 0 saturated carbocycles. The van der Waals surface area contributed by atoms with Crippen LogP contribution < -0.4 is 5.32 Å². The normalized spacial score (nSPS) is 11.8. The number of amides is 1. The molecule has 0 aromatic rings. The molecule has 0 unspecified atom stereocenters. The molecule has 0 rings (SSSR count). The molecule has 56 heavy (non-hydrogen) atoms. The lowest BCUT2D eigenvalue weighted by Crippen LogP contribution is -2.42. The zero-order chi connectivity index (χ0) is 41.5. The van der Waals surface area contributed by atoms with Crippen LogP contribution in [0.25, 0.3) is 0 Å². The third kappa shape index (κ3) is 35.5. The zero-order valence-electron chi connectivity index (χ0n) is 38.5. The van der Waals surface area contributed by atoms with Gasteiger partial charge in [-0.1, -0.05) is 182 Å². The molecule has 1 N–H and O–H groups in total. The fourth-order valence-electron chi connectivity index (χ4n) is 7.77. The van der Waals surface area contributed by atoms with Crippen LogP contribution in [0.3, 0.4) is 0 Å². The van der Waals surface area contributed by atoms with E-state index < -0.39 is 0 Å². The van der Waals surface area contributed by atoms with Gasteiger partial charge in [0.1, 0.15) is 0 Å². The largest absolute Gasteiger partial charge is 0.466 e. The number of hydrogen-bond acceptors (Lipinski definition) is 6. The van der Waals surface area contributed by atoms with E-state index in [2.05, 4.69) is 51.8 Å². The summed E-state index contributed by atoms with van der Waals surface area (Å²) in [6.07, 6.45) is 36.1. The molecule has 0 bridgehead atoms. The van der Waals surface area contributed by atoms with E-state index in [1.165, 1.54) is 103 Å². The predicted molar refractivity (Wildman–Crippen MR) is 239 cm³/mol. The lowest BCUT2D eigenvalue weighted by Gasteiger charge is -2.23. The second kappa shape index (κ2) is 40.2. The van der Waals surface area contributed by atoms with Crippen molar-refractivity contribution in [1.82, 2.24) is 10.2 Å². The first-order valence-corrected chi connectivity index (χ1v) is 24.5. The van der Waals surface area contributed by atoms with E-state index in [4.69, 9.17) is 9.47 Å². The summed E-state index contributed by atoms with van der Waals surface area (Å²) in [7, 11) is 2.00. The van der Waals surface area contributed by atoms with Gasteiger partial charge >= 0.3 is 11.9 Å². The van der Waals surface area contributed by atoms with Crippen LogP contribution in [0.5, 0.6) is 0 Å². The smallest absolute Gasteiger partial charge is 0.305 e. The van der Waals surface area contributed by atoms with Crippen LogP contribution in [0.2, 0.25) is 0 Å². The molecule has 0 radical (unpaired) electrons. The van der Waals surface area contributed by atoms with Crippen LogP contribution in [-0.2, 0) is 23.9 Å². The predicted octanol–water partition coefficient (Wildman–Crippen LogP) is 13.7. The van der Waals surface area contributed by atoms with E-state index in [0.29, 0.717) is 50.5 Å². The highest BCUT2D eigenvalue weighted by molar-refractivity contribution is 5.78. The quantitative estimate of drug-likeness (QED) is 0.0489. The molecule has 7 heteroatoms. The molecule has 0 atom stereocenters. The van der Waals surface area contributed by atoms with Crippen LogP contribution in [-0.4, -0.2) is 61.6 Å². The molecule has 0 aliphatic heterocycles. The summed E-state index contributed by atoms with van der Waals surface area (Å²) in [5, 5.41) is 3.34. The Morgan fingerprint density at radius 1 is 0.464 bits per heavy atom. The number of carbonyl (C=O) groups is 3. The molecule has 0 aromatic carbocycles. The first-order valence-electron chi connectivity index (χ1n) is 24.5. The van der Waals surface area contributed by atoms with Gasteiger partial charge < -0.3 is 14.8 Å².